The lowest BCUT2D eigenvalue weighted by atomic mass is 9.91. The molecule has 0 aliphatic heterocycles. The van der Waals surface area contributed by atoms with Gasteiger partial charge in [0, 0.05) is 6.04 Å². The average molecular weight is 261 g/mol. The lowest BCUT2D eigenvalue weighted by Crippen LogP contribution is -2.47. The Morgan fingerprint density at radius 1 is 1.26 bits per heavy atom. The Morgan fingerprint density at radius 3 is 2.37 bits per heavy atom. The van der Waals surface area contributed by atoms with Crippen molar-refractivity contribution in [1.82, 2.24) is 4.90 Å². The molecule has 102 valence electrons. The molecular formula is C15H19NO3. The van der Waals surface area contributed by atoms with Crippen molar-refractivity contribution in [1.29, 1.82) is 0 Å². The number of aliphatic carboxylic acids is 1. The van der Waals surface area contributed by atoms with E-state index in [4.69, 9.17) is 5.11 Å². The molecule has 1 aliphatic rings. The number of benzene rings is 1. The van der Waals surface area contributed by atoms with E-state index in [1.807, 2.05) is 31.2 Å². The van der Waals surface area contributed by atoms with Gasteiger partial charge in [0.15, 0.2) is 0 Å². The number of carbonyl (C=O) groups is 2. The monoisotopic (exact) mass is 261 g/mol. The Bertz CT molecular complexity index is 463. The van der Waals surface area contributed by atoms with Gasteiger partial charge in [-0.2, -0.15) is 0 Å². The molecule has 1 aliphatic carbocycles. The van der Waals surface area contributed by atoms with Crippen molar-refractivity contribution >= 4 is 11.9 Å². The maximum Gasteiger partial charge on any atom is 0.323 e. The topological polar surface area (TPSA) is 57.6 Å². The highest BCUT2D eigenvalue weighted by molar-refractivity contribution is 5.83. The quantitative estimate of drug-likeness (QED) is 0.882. The SMILES string of the molecule is Cc1ccc(CC(=O)N(CC(=O)O)C2CCC2)cc1. The molecule has 1 aromatic rings. The molecule has 1 fully saturated rings. The number of carboxylic acid groups (broad SMARTS) is 1. The van der Waals surface area contributed by atoms with Gasteiger partial charge in [-0.15, -0.1) is 0 Å². The minimum absolute atomic E-state index is 0.0871. The number of hydrogen-bond donors (Lipinski definition) is 1. The molecule has 0 spiro atoms. The Kier molecular flexibility index (Phi) is 4.20. The minimum atomic E-state index is -0.941. The summed E-state index contributed by atoms with van der Waals surface area (Å²) in [6.07, 6.45) is 3.21. The maximum atomic E-state index is 12.2. The van der Waals surface area contributed by atoms with E-state index in [1.54, 1.807) is 0 Å². The van der Waals surface area contributed by atoms with Gasteiger partial charge in [-0.1, -0.05) is 29.8 Å². The van der Waals surface area contributed by atoms with Crippen molar-refractivity contribution in [3.63, 3.8) is 0 Å². The summed E-state index contributed by atoms with van der Waals surface area (Å²) < 4.78 is 0. The lowest BCUT2D eigenvalue weighted by molar-refractivity contribution is -0.147. The van der Waals surface area contributed by atoms with E-state index < -0.39 is 5.97 Å². The molecule has 0 heterocycles. The number of rotatable bonds is 5. The number of amides is 1. The molecule has 0 aromatic heterocycles. The van der Waals surface area contributed by atoms with Crippen LogP contribution in [0.3, 0.4) is 0 Å². The van der Waals surface area contributed by atoms with Gasteiger partial charge in [0.25, 0.3) is 0 Å². The first-order valence-electron chi connectivity index (χ1n) is 6.63. The highest BCUT2D eigenvalue weighted by atomic mass is 16.4. The third kappa shape index (κ3) is 3.56. The zero-order valence-corrected chi connectivity index (χ0v) is 11.1. The van der Waals surface area contributed by atoms with Crippen LogP contribution in [0.2, 0.25) is 0 Å². The summed E-state index contributed by atoms with van der Waals surface area (Å²) in [5.41, 5.74) is 2.09. The van der Waals surface area contributed by atoms with Crippen molar-refractivity contribution in [2.45, 2.75) is 38.6 Å². The van der Waals surface area contributed by atoms with Crippen LogP contribution in [0.5, 0.6) is 0 Å². The third-order valence-electron chi connectivity index (χ3n) is 3.62. The van der Waals surface area contributed by atoms with E-state index in [0.29, 0.717) is 0 Å². The van der Waals surface area contributed by atoms with E-state index in [2.05, 4.69) is 0 Å². The summed E-state index contributed by atoms with van der Waals surface area (Å²) in [5.74, 6) is -1.03. The first-order chi connectivity index (χ1) is 9.06. The first-order valence-corrected chi connectivity index (χ1v) is 6.63. The average Bonchev–Trinajstić information content (AvgIpc) is 2.28. The minimum Gasteiger partial charge on any atom is -0.480 e. The molecular weight excluding hydrogens is 242 g/mol. The second kappa shape index (κ2) is 5.87. The summed E-state index contributed by atoms with van der Waals surface area (Å²) in [6.45, 7) is 1.81. The zero-order valence-electron chi connectivity index (χ0n) is 11.1. The fourth-order valence-corrected chi connectivity index (χ4v) is 2.25. The third-order valence-corrected chi connectivity index (χ3v) is 3.62. The van der Waals surface area contributed by atoms with Crippen LogP contribution in [0.4, 0.5) is 0 Å². The molecule has 0 atom stereocenters. The molecule has 0 radical (unpaired) electrons. The van der Waals surface area contributed by atoms with E-state index in [1.165, 1.54) is 4.90 Å². The summed E-state index contributed by atoms with van der Waals surface area (Å²) in [4.78, 5) is 24.6. The normalized spacial score (nSPS) is 14.8. The molecule has 19 heavy (non-hydrogen) atoms. The van der Waals surface area contributed by atoms with Gasteiger partial charge in [-0.05, 0) is 31.7 Å². The summed E-state index contributed by atoms with van der Waals surface area (Å²) in [5, 5.41) is 8.91. The standard InChI is InChI=1S/C15H19NO3/c1-11-5-7-12(8-6-11)9-14(17)16(10-15(18)19)13-3-2-4-13/h5-8,13H,2-4,9-10H2,1H3,(H,18,19). The van der Waals surface area contributed by atoms with Crippen molar-refractivity contribution in [3.8, 4) is 0 Å². The number of hydrogen-bond acceptors (Lipinski definition) is 2. The predicted molar refractivity (Wildman–Crippen MR) is 71.9 cm³/mol. The molecule has 2 rings (SSSR count). The van der Waals surface area contributed by atoms with E-state index in [-0.39, 0.29) is 24.9 Å². The predicted octanol–water partition coefficient (Wildman–Crippen LogP) is 2.00. The van der Waals surface area contributed by atoms with E-state index >= 15 is 0 Å². The highest BCUT2D eigenvalue weighted by Crippen LogP contribution is 2.25. The van der Waals surface area contributed by atoms with Gasteiger partial charge in [0.05, 0.1) is 6.42 Å². The summed E-state index contributed by atoms with van der Waals surface area (Å²) in [7, 11) is 0. The number of carbonyl (C=O) groups excluding carboxylic acids is 1. The zero-order chi connectivity index (χ0) is 13.8. The molecule has 1 amide bonds. The molecule has 4 heteroatoms. The number of aryl methyl sites for hydroxylation is 1. The Balaban J connectivity index is 2.02. The molecule has 0 unspecified atom stereocenters. The van der Waals surface area contributed by atoms with E-state index in [9.17, 15) is 9.59 Å². The van der Waals surface area contributed by atoms with Gasteiger partial charge in [0.1, 0.15) is 6.54 Å². The van der Waals surface area contributed by atoms with Crippen LogP contribution >= 0.6 is 0 Å². The van der Waals surface area contributed by atoms with Crippen molar-refractivity contribution < 1.29 is 14.7 Å². The Labute approximate surface area is 113 Å². The van der Waals surface area contributed by atoms with Gasteiger partial charge >= 0.3 is 5.97 Å². The van der Waals surface area contributed by atoms with Crippen LogP contribution in [-0.4, -0.2) is 34.5 Å². The summed E-state index contributed by atoms with van der Waals surface area (Å²) in [6, 6.07) is 7.90. The first kappa shape index (κ1) is 13.6. The van der Waals surface area contributed by atoms with E-state index in [0.717, 1.165) is 30.4 Å². The highest BCUT2D eigenvalue weighted by Gasteiger charge is 2.29. The van der Waals surface area contributed by atoms with Crippen molar-refractivity contribution in [2.75, 3.05) is 6.54 Å². The molecule has 4 nitrogen and oxygen atoms in total. The second-order valence-electron chi connectivity index (χ2n) is 5.16. The number of carboxylic acids is 1. The largest absolute Gasteiger partial charge is 0.480 e. The molecule has 1 N–H and O–H groups in total. The summed E-state index contributed by atoms with van der Waals surface area (Å²) >= 11 is 0. The van der Waals surface area contributed by atoms with Gasteiger partial charge < -0.3 is 10.0 Å². The smallest absolute Gasteiger partial charge is 0.323 e. The van der Waals surface area contributed by atoms with Crippen molar-refractivity contribution in [2.24, 2.45) is 0 Å². The van der Waals surface area contributed by atoms with Gasteiger partial charge in [-0.3, -0.25) is 9.59 Å². The van der Waals surface area contributed by atoms with Crippen LogP contribution in [-0.2, 0) is 16.0 Å². The molecule has 1 aromatic carbocycles. The van der Waals surface area contributed by atoms with Crippen LogP contribution in [0.25, 0.3) is 0 Å². The molecule has 0 bridgehead atoms. The van der Waals surface area contributed by atoms with Gasteiger partial charge in [-0.25, -0.2) is 0 Å². The van der Waals surface area contributed by atoms with Crippen LogP contribution in [0.1, 0.15) is 30.4 Å². The molecule has 0 saturated heterocycles. The Morgan fingerprint density at radius 2 is 1.89 bits per heavy atom. The Hall–Kier alpha value is -1.84. The van der Waals surface area contributed by atoms with Crippen LogP contribution in [0.15, 0.2) is 24.3 Å². The second-order valence-corrected chi connectivity index (χ2v) is 5.16. The number of nitrogens with zero attached hydrogens (tertiary/aromatic N) is 1. The van der Waals surface area contributed by atoms with Crippen LogP contribution in [0, 0.1) is 6.92 Å². The maximum absolute atomic E-state index is 12.2. The van der Waals surface area contributed by atoms with Gasteiger partial charge in [0.2, 0.25) is 5.91 Å². The lowest BCUT2D eigenvalue weighted by Gasteiger charge is -2.36. The van der Waals surface area contributed by atoms with Crippen LogP contribution < -0.4 is 0 Å². The molecule has 1 saturated carbocycles. The van der Waals surface area contributed by atoms with Crippen molar-refractivity contribution in [3.05, 3.63) is 35.4 Å². The fourth-order valence-electron chi connectivity index (χ4n) is 2.25. The fraction of sp³-hybridized carbons (Fsp3) is 0.467.